The van der Waals surface area contributed by atoms with E-state index in [2.05, 4.69) is 0 Å². The van der Waals surface area contributed by atoms with Crippen LogP contribution in [-0.2, 0) is 10.1 Å². The van der Waals surface area contributed by atoms with Gasteiger partial charge in [0.15, 0.2) is 0 Å². The summed E-state index contributed by atoms with van der Waals surface area (Å²) in [7, 11) is -4.41. The Kier molecular flexibility index (Phi) is 5.28. The van der Waals surface area contributed by atoms with E-state index in [0.29, 0.717) is 0 Å². The van der Waals surface area contributed by atoms with E-state index in [-0.39, 0.29) is 18.9 Å². The standard InChI is InChI=1S/C3H7ClO4S.Li/c1-3(4,5)2-9(6,7)8;/h5H,2H2,1H3,(H,6,7,8);/q;+1/p-1. The molecule has 0 aromatic carbocycles. The van der Waals surface area contributed by atoms with E-state index in [1.165, 1.54) is 0 Å². The van der Waals surface area contributed by atoms with Crippen molar-refractivity contribution < 1.29 is 36.9 Å². The fraction of sp³-hybridized carbons (Fsp3) is 1.00. The molecule has 0 radical (unpaired) electrons. The maximum atomic E-state index is 9.85. The van der Waals surface area contributed by atoms with Gasteiger partial charge in [-0.2, -0.15) is 0 Å². The van der Waals surface area contributed by atoms with Crippen molar-refractivity contribution in [2.45, 2.75) is 12.0 Å². The Hall–Kier alpha value is 0.757. The molecule has 0 aromatic heterocycles. The van der Waals surface area contributed by atoms with Crippen LogP contribution in [0.1, 0.15) is 6.92 Å². The average Bonchev–Trinajstić information content (AvgIpc) is 1.14. The third-order valence-electron chi connectivity index (χ3n) is 0.440. The largest absolute Gasteiger partial charge is 1.00 e. The van der Waals surface area contributed by atoms with Gasteiger partial charge >= 0.3 is 18.9 Å². The quantitative estimate of drug-likeness (QED) is 0.272. The van der Waals surface area contributed by atoms with Gasteiger partial charge in [0.1, 0.15) is 5.06 Å². The molecule has 4 nitrogen and oxygen atoms in total. The van der Waals surface area contributed by atoms with Gasteiger partial charge in [-0.1, -0.05) is 11.6 Å². The number of alkyl halides is 1. The summed E-state index contributed by atoms with van der Waals surface area (Å²) in [6.07, 6.45) is 0. The maximum absolute atomic E-state index is 9.85. The molecule has 0 heterocycles. The number of hydrogen-bond donors (Lipinski definition) is 1. The van der Waals surface area contributed by atoms with Gasteiger partial charge in [-0.3, -0.25) is 0 Å². The first kappa shape index (κ1) is 13.4. The zero-order valence-electron chi connectivity index (χ0n) is 5.67. The molecule has 0 fully saturated rings. The second-order valence-corrected chi connectivity index (χ2v) is 4.06. The molecule has 0 aliphatic carbocycles. The Labute approximate surface area is 76.5 Å². The smallest absolute Gasteiger partial charge is 0.748 e. The third-order valence-corrected chi connectivity index (χ3v) is 1.65. The Morgan fingerprint density at radius 1 is 1.70 bits per heavy atom. The van der Waals surface area contributed by atoms with Crippen LogP contribution < -0.4 is 18.9 Å². The van der Waals surface area contributed by atoms with E-state index in [1.54, 1.807) is 0 Å². The summed E-state index contributed by atoms with van der Waals surface area (Å²) in [5, 5.41) is 6.60. The molecule has 56 valence electrons. The minimum atomic E-state index is -4.41. The van der Waals surface area contributed by atoms with Crippen molar-refractivity contribution in [1.82, 2.24) is 0 Å². The van der Waals surface area contributed by atoms with Crippen LogP contribution in [0.3, 0.4) is 0 Å². The molecule has 0 amide bonds. The van der Waals surface area contributed by atoms with Crippen molar-refractivity contribution in [3.8, 4) is 0 Å². The summed E-state index contributed by atoms with van der Waals surface area (Å²) in [4.78, 5) is 0. The summed E-state index contributed by atoms with van der Waals surface area (Å²) in [5.41, 5.74) is 0. The van der Waals surface area contributed by atoms with Gasteiger partial charge in [0.25, 0.3) is 0 Å². The molecule has 0 aromatic rings. The second kappa shape index (κ2) is 3.95. The molecular weight excluding hydrogens is 174 g/mol. The molecule has 1 atom stereocenters. The monoisotopic (exact) mass is 180 g/mol. The van der Waals surface area contributed by atoms with E-state index in [4.69, 9.17) is 16.7 Å². The van der Waals surface area contributed by atoms with E-state index >= 15 is 0 Å². The fourth-order valence-corrected chi connectivity index (χ4v) is 1.37. The van der Waals surface area contributed by atoms with Crippen molar-refractivity contribution in [3.63, 3.8) is 0 Å². The van der Waals surface area contributed by atoms with E-state index in [9.17, 15) is 13.0 Å². The Balaban J connectivity index is 0. The second-order valence-electron chi connectivity index (χ2n) is 1.84. The SMILES string of the molecule is CC(O)(Cl)CS(=O)(=O)[O-].[Li+]. The molecule has 0 bridgehead atoms. The number of rotatable bonds is 2. The van der Waals surface area contributed by atoms with Gasteiger partial charge in [-0.25, -0.2) is 8.42 Å². The number of hydrogen-bond acceptors (Lipinski definition) is 4. The zero-order chi connectivity index (χ0) is 7.71. The Morgan fingerprint density at radius 3 is 2.00 bits per heavy atom. The predicted molar refractivity (Wildman–Crippen MR) is 31.0 cm³/mol. The van der Waals surface area contributed by atoms with Gasteiger partial charge in [-0.05, 0) is 6.92 Å². The van der Waals surface area contributed by atoms with Gasteiger partial charge in [0, 0.05) is 0 Å². The normalized spacial score (nSPS) is 17.2. The van der Waals surface area contributed by atoms with Crippen LogP contribution in [0.2, 0.25) is 0 Å². The average molecular weight is 181 g/mol. The van der Waals surface area contributed by atoms with Crippen molar-refractivity contribution in [2.24, 2.45) is 0 Å². The summed E-state index contributed by atoms with van der Waals surface area (Å²) >= 11 is 4.99. The van der Waals surface area contributed by atoms with Crippen LogP contribution in [0, 0.1) is 0 Å². The first-order chi connectivity index (χ1) is 3.71. The molecule has 0 saturated carbocycles. The first-order valence-corrected chi connectivity index (χ1v) is 4.01. The maximum Gasteiger partial charge on any atom is 1.00 e. The third kappa shape index (κ3) is 11.5. The Bertz CT molecular complexity index is 181. The van der Waals surface area contributed by atoms with Crippen LogP contribution >= 0.6 is 11.6 Å². The van der Waals surface area contributed by atoms with Crippen molar-refractivity contribution in [3.05, 3.63) is 0 Å². The molecular formula is C3H6ClLiO4S. The predicted octanol–water partition coefficient (Wildman–Crippen LogP) is -3.52. The van der Waals surface area contributed by atoms with Crippen LogP contribution in [0.15, 0.2) is 0 Å². The number of halogens is 1. The van der Waals surface area contributed by atoms with Gasteiger partial charge in [0.2, 0.25) is 0 Å². The minimum absolute atomic E-state index is 0. The van der Waals surface area contributed by atoms with Crippen molar-refractivity contribution >= 4 is 21.7 Å². The minimum Gasteiger partial charge on any atom is -0.748 e. The number of aliphatic hydroxyl groups is 1. The molecule has 1 N–H and O–H groups in total. The van der Waals surface area contributed by atoms with Gasteiger partial charge in [0.05, 0.1) is 15.9 Å². The Morgan fingerprint density at radius 2 is 2.00 bits per heavy atom. The zero-order valence-corrected chi connectivity index (χ0v) is 7.24. The van der Waals surface area contributed by atoms with Crippen LogP contribution in [0.4, 0.5) is 0 Å². The van der Waals surface area contributed by atoms with Crippen LogP contribution in [0.5, 0.6) is 0 Å². The topological polar surface area (TPSA) is 77.4 Å². The van der Waals surface area contributed by atoms with Crippen molar-refractivity contribution in [1.29, 1.82) is 0 Å². The molecule has 10 heavy (non-hydrogen) atoms. The summed E-state index contributed by atoms with van der Waals surface area (Å²) < 4.78 is 29.5. The molecule has 0 aliphatic rings. The first-order valence-electron chi connectivity index (χ1n) is 2.05. The molecule has 0 aliphatic heterocycles. The van der Waals surface area contributed by atoms with E-state index in [0.717, 1.165) is 6.92 Å². The fourth-order valence-electron chi connectivity index (χ4n) is 0.323. The van der Waals surface area contributed by atoms with E-state index < -0.39 is 20.9 Å². The van der Waals surface area contributed by atoms with Crippen LogP contribution in [-0.4, -0.2) is 28.9 Å². The summed E-state index contributed by atoms with van der Waals surface area (Å²) in [6.45, 7) is 1.03. The molecule has 0 saturated heterocycles. The van der Waals surface area contributed by atoms with Gasteiger partial charge < -0.3 is 9.66 Å². The summed E-state index contributed by atoms with van der Waals surface area (Å²) in [6, 6.07) is 0. The molecule has 1 unspecified atom stereocenters. The van der Waals surface area contributed by atoms with Crippen molar-refractivity contribution in [2.75, 3.05) is 5.75 Å². The molecule has 0 spiro atoms. The van der Waals surface area contributed by atoms with E-state index in [1.807, 2.05) is 0 Å². The summed E-state index contributed by atoms with van der Waals surface area (Å²) in [5.74, 6) is -0.971. The van der Waals surface area contributed by atoms with Gasteiger partial charge in [-0.15, -0.1) is 0 Å². The van der Waals surface area contributed by atoms with Crippen LogP contribution in [0.25, 0.3) is 0 Å². The molecule has 7 heteroatoms. The molecule has 0 rings (SSSR count).